The maximum absolute atomic E-state index is 2.32. The van der Waals surface area contributed by atoms with Crippen molar-refractivity contribution in [1.29, 1.82) is 0 Å². The van der Waals surface area contributed by atoms with Gasteiger partial charge in [-0.3, -0.25) is 0 Å². The Hall–Kier alpha value is -0.860. The molecule has 0 amide bonds. The topological polar surface area (TPSA) is 4.44 Å². The molecule has 2 aromatic rings. The van der Waals surface area contributed by atoms with Crippen LogP contribution in [-0.4, -0.2) is 14.1 Å². The Morgan fingerprint density at radius 3 is 2.71 bits per heavy atom. The van der Waals surface area contributed by atoms with Crippen LogP contribution >= 0.6 is 11.3 Å². The van der Waals surface area contributed by atoms with E-state index in [0.717, 1.165) is 6.54 Å². The van der Waals surface area contributed by atoms with Crippen molar-refractivity contribution >= 4 is 21.4 Å². The third kappa shape index (κ3) is 1.97. The van der Waals surface area contributed by atoms with Gasteiger partial charge in [0.25, 0.3) is 0 Å². The van der Waals surface area contributed by atoms with E-state index in [1.807, 2.05) is 11.3 Å². The molecule has 0 atom stereocenters. The zero-order valence-corrected chi connectivity index (χ0v) is 9.74. The van der Waals surface area contributed by atoms with Gasteiger partial charge in [-0.2, -0.15) is 0 Å². The molecule has 1 aromatic carbocycles. The highest BCUT2D eigenvalue weighted by molar-refractivity contribution is 7.19. The molecule has 0 bridgehead atoms. The van der Waals surface area contributed by atoms with E-state index in [4.69, 9.17) is 0 Å². The van der Waals surface area contributed by atoms with Gasteiger partial charge in [0.15, 0.2) is 0 Å². The van der Waals surface area contributed by atoms with Crippen LogP contribution in [0.3, 0.4) is 0 Å². The number of hydrogen-bond acceptors (Lipinski definition) is 1. The minimum absolute atomic E-state index is 1.12. The van der Waals surface area contributed by atoms with Crippen LogP contribution in [0.1, 0.15) is 10.4 Å². The molecule has 1 N–H and O–H groups in total. The first-order valence-electron chi connectivity index (χ1n) is 4.93. The standard InChI is InChI=1S/C12H15NS/c1-9-4-5-12-10(6-9)7-11(14-12)8-13(2)3/h4-7H,8H2,1-3H3/p+1. The summed E-state index contributed by atoms with van der Waals surface area (Å²) < 4.78 is 1.41. The molecular weight excluding hydrogens is 190 g/mol. The molecule has 0 radical (unpaired) electrons. The molecule has 0 fully saturated rings. The molecule has 2 rings (SSSR count). The smallest absolute Gasteiger partial charge is 0.112 e. The summed E-state index contributed by atoms with van der Waals surface area (Å²) in [7, 11) is 4.38. The molecule has 2 heteroatoms. The number of thiophene rings is 1. The second-order valence-electron chi connectivity index (χ2n) is 4.14. The predicted octanol–water partition coefficient (Wildman–Crippen LogP) is 1.85. The Morgan fingerprint density at radius 1 is 1.21 bits per heavy atom. The minimum Gasteiger partial charge on any atom is -0.335 e. The first-order chi connectivity index (χ1) is 6.65. The number of hydrogen-bond donors (Lipinski definition) is 1. The average molecular weight is 206 g/mol. The summed E-state index contributed by atoms with van der Waals surface area (Å²) in [5.41, 5.74) is 1.35. The fraction of sp³-hybridized carbons (Fsp3) is 0.333. The van der Waals surface area contributed by atoms with Crippen molar-refractivity contribution in [3.63, 3.8) is 0 Å². The molecule has 0 saturated carbocycles. The summed E-state index contributed by atoms with van der Waals surface area (Å²) in [5, 5.41) is 1.39. The van der Waals surface area contributed by atoms with Crippen molar-refractivity contribution in [3.05, 3.63) is 34.7 Å². The third-order valence-electron chi connectivity index (χ3n) is 2.25. The Kier molecular flexibility index (Phi) is 2.57. The molecule has 1 heterocycles. The monoisotopic (exact) mass is 206 g/mol. The molecule has 1 nitrogen and oxygen atoms in total. The maximum Gasteiger partial charge on any atom is 0.112 e. The van der Waals surface area contributed by atoms with Crippen molar-refractivity contribution in [2.24, 2.45) is 0 Å². The average Bonchev–Trinajstić information content (AvgIpc) is 2.44. The van der Waals surface area contributed by atoms with E-state index < -0.39 is 0 Å². The van der Waals surface area contributed by atoms with E-state index >= 15 is 0 Å². The number of rotatable bonds is 2. The van der Waals surface area contributed by atoms with Crippen molar-refractivity contribution in [1.82, 2.24) is 0 Å². The lowest BCUT2D eigenvalue weighted by Gasteiger charge is -2.02. The number of aryl methyl sites for hydroxylation is 1. The lowest BCUT2D eigenvalue weighted by Crippen LogP contribution is -3.04. The number of fused-ring (bicyclic) bond motifs is 1. The van der Waals surface area contributed by atoms with Gasteiger partial charge in [0, 0.05) is 4.70 Å². The Morgan fingerprint density at radius 2 is 2.00 bits per heavy atom. The third-order valence-corrected chi connectivity index (χ3v) is 3.37. The van der Waals surface area contributed by atoms with Gasteiger partial charge in [0.05, 0.1) is 19.0 Å². The molecule has 74 valence electrons. The molecule has 1 aromatic heterocycles. The SMILES string of the molecule is Cc1ccc2sc(C[NH+](C)C)cc2c1. The van der Waals surface area contributed by atoms with E-state index in [9.17, 15) is 0 Å². The van der Waals surface area contributed by atoms with E-state index in [0.29, 0.717) is 0 Å². The maximum atomic E-state index is 2.32. The van der Waals surface area contributed by atoms with Gasteiger partial charge in [0.2, 0.25) is 0 Å². The van der Waals surface area contributed by atoms with Crippen molar-refractivity contribution in [3.8, 4) is 0 Å². The first kappa shape index (κ1) is 9.69. The molecule has 0 aliphatic heterocycles. The summed E-state index contributed by atoms with van der Waals surface area (Å²) in [6, 6.07) is 9.00. The Bertz CT molecular complexity index is 443. The second kappa shape index (κ2) is 3.71. The summed E-state index contributed by atoms with van der Waals surface area (Å²) in [4.78, 5) is 2.96. The molecule has 0 aliphatic carbocycles. The normalized spacial score (nSPS) is 11.4. The fourth-order valence-corrected chi connectivity index (χ4v) is 2.85. The van der Waals surface area contributed by atoms with E-state index in [1.54, 1.807) is 0 Å². The summed E-state index contributed by atoms with van der Waals surface area (Å²) >= 11 is 1.91. The van der Waals surface area contributed by atoms with E-state index in [-0.39, 0.29) is 0 Å². The van der Waals surface area contributed by atoms with Crippen LogP contribution in [0.15, 0.2) is 24.3 Å². The quantitative estimate of drug-likeness (QED) is 0.765. The molecule has 14 heavy (non-hydrogen) atoms. The van der Waals surface area contributed by atoms with E-state index in [2.05, 4.69) is 45.3 Å². The highest BCUT2D eigenvalue weighted by Crippen LogP contribution is 2.25. The van der Waals surface area contributed by atoms with Crippen LogP contribution in [0.5, 0.6) is 0 Å². The van der Waals surface area contributed by atoms with Gasteiger partial charge in [0.1, 0.15) is 6.54 Å². The predicted molar refractivity (Wildman–Crippen MR) is 63.1 cm³/mol. The second-order valence-corrected chi connectivity index (χ2v) is 5.31. The molecule has 0 spiro atoms. The molecular formula is C12H16NS+. The van der Waals surface area contributed by atoms with Crippen molar-refractivity contribution < 1.29 is 4.90 Å². The zero-order valence-electron chi connectivity index (χ0n) is 8.92. The van der Waals surface area contributed by atoms with Gasteiger partial charge in [-0.15, -0.1) is 11.3 Å². The van der Waals surface area contributed by atoms with Gasteiger partial charge in [-0.25, -0.2) is 0 Å². The number of benzene rings is 1. The summed E-state index contributed by atoms with van der Waals surface area (Å²) in [6.07, 6.45) is 0. The Balaban J connectivity index is 2.41. The largest absolute Gasteiger partial charge is 0.335 e. The number of nitrogens with one attached hydrogen (secondary N) is 1. The minimum atomic E-state index is 1.12. The van der Waals surface area contributed by atoms with Crippen LogP contribution in [0.4, 0.5) is 0 Å². The lowest BCUT2D eigenvalue weighted by atomic mass is 10.2. The van der Waals surface area contributed by atoms with Crippen LogP contribution in [-0.2, 0) is 6.54 Å². The highest BCUT2D eigenvalue weighted by atomic mass is 32.1. The van der Waals surface area contributed by atoms with Crippen LogP contribution < -0.4 is 4.90 Å². The highest BCUT2D eigenvalue weighted by Gasteiger charge is 2.04. The van der Waals surface area contributed by atoms with Gasteiger partial charge in [-0.05, 0) is 24.4 Å². The lowest BCUT2D eigenvalue weighted by molar-refractivity contribution is -0.872. The van der Waals surface area contributed by atoms with Crippen molar-refractivity contribution in [2.75, 3.05) is 14.1 Å². The van der Waals surface area contributed by atoms with Gasteiger partial charge >= 0.3 is 0 Å². The molecule has 0 saturated heterocycles. The van der Waals surface area contributed by atoms with Crippen LogP contribution in [0.2, 0.25) is 0 Å². The van der Waals surface area contributed by atoms with Crippen molar-refractivity contribution in [2.45, 2.75) is 13.5 Å². The summed E-state index contributed by atoms with van der Waals surface area (Å²) in [5.74, 6) is 0. The van der Waals surface area contributed by atoms with E-state index in [1.165, 1.54) is 25.4 Å². The first-order valence-corrected chi connectivity index (χ1v) is 5.75. The fourth-order valence-electron chi connectivity index (χ4n) is 1.65. The van der Waals surface area contributed by atoms with Crippen LogP contribution in [0, 0.1) is 6.92 Å². The van der Waals surface area contributed by atoms with Gasteiger partial charge < -0.3 is 4.90 Å². The molecule has 0 unspecified atom stereocenters. The Labute approximate surface area is 89.0 Å². The number of quaternary nitrogens is 1. The summed E-state index contributed by atoms with van der Waals surface area (Å²) in [6.45, 7) is 3.27. The zero-order chi connectivity index (χ0) is 10.1. The molecule has 0 aliphatic rings. The van der Waals surface area contributed by atoms with Gasteiger partial charge in [-0.1, -0.05) is 17.7 Å². The van der Waals surface area contributed by atoms with Crippen LogP contribution in [0.25, 0.3) is 10.1 Å².